The number of halogens is 1. The molecule has 0 spiro atoms. The van der Waals surface area contributed by atoms with E-state index in [2.05, 4.69) is 15.6 Å². The SMILES string of the molecule is COc1ccc([C@H](C(=O)NC2CCCC2)N(C(=O)Cn2nnc3ccccc32)c2ccc(F)cc2)c(OC)c1. The van der Waals surface area contributed by atoms with E-state index in [1.807, 2.05) is 18.2 Å². The van der Waals surface area contributed by atoms with Crippen molar-refractivity contribution in [2.45, 2.75) is 44.3 Å². The first kappa shape index (κ1) is 26.1. The number of methoxy groups -OCH3 is 2. The van der Waals surface area contributed by atoms with Gasteiger partial charge in [0.2, 0.25) is 11.8 Å². The molecule has 1 N–H and O–H groups in total. The molecule has 0 saturated heterocycles. The Morgan fingerprint density at radius 1 is 1.05 bits per heavy atom. The second-order valence-electron chi connectivity index (χ2n) is 9.48. The summed E-state index contributed by atoms with van der Waals surface area (Å²) in [5, 5.41) is 11.4. The number of carbonyl (C=O) groups excluding carboxylic acids is 2. The molecule has 1 fully saturated rings. The third-order valence-electron chi connectivity index (χ3n) is 7.02. The normalized spacial score (nSPS) is 14.2. The number of benzene rings is 3. The fourth-order valence-electron chi connectivity index (χ4n) is 5.07. The van der Waals surface area contributed by atoms with Gasteiger partial charge in [0.15, 0.2) is 0 Å². The number of hydrogen-bond acceptors (Lipinski definition) is 6. The Labute approximate surface area is 225 Å². The van der Waals surface area contributed by atoms with E-state index in [4.69, 9.17) is 9.47 Å². The standard InChI is InChI=1S/C29H30FN5O4/c1-38-22-15-16-23(26(17-22)39-2)28(29(37)31-20-7-3-4-8-20)35(21-13-11-19(30)12-14-21)27(36)18-34-25-10-6-5-9-24(25)32-33-34/h5-6,9-17,20,28H,3-4,7-8,18H2,1-2H3,(H,31,37)/t28-/m1/s1. The minimum absolute atomic E-state index is 0.00803. The van der Waals surface area contributed by atoms with E-state index < -0.39 is 17.8 Å². The van der Waals surface area contributed by atoms with Crippen molar-refractivity contribution in [2.75, 3.05) is 19.1 Å². The number of anilines is 1. The number of para-hydroxylation sites is 1. The molecule has 1 heterocycles. The predicted octanol–water partition coefficient (Wildman–Crippen LogP) is 4.42. The van der Waals surface area contributed by atoms with Gasteiger partial charge in [0, 0.05) is 23.4 Å². The Morgan fingerprint density at radius 2 is 1.79 bits per heavy atom. The van der Waals surface area contributed by atoms with E-state index >= 15 is 0 Å². The molecule has 3 aromatic carbocycles. The van der Waals surface area contributed by atoms with Crippen LogP contribution in [-0.2, 0) is 16.1 Å². The largest absolute Gasteiger partial charge is 0.497 e. The Kier molecular flexibility index (Phi) is 7.72. The molecular formula is C29H30FN5O4. The molecule has 10 heteroatoms. The third-order valence-corrected chi connectivity index (χ3v) is 7.02. The second-order valence-corrected chi connectivity index (χ2v) is 9.48. The molecule has 1 saturated carbocycles. The first-order valence-electron chi connectivity index (χ1n) is 12.9. The summed E-state index contributed by atoms with van der Waals surface area (Å²) in [5.74, 6) is -0.318. The van der Waals surface area contributed by atoms with Crippen LogP contribution in [0.2, 0.25) is 0 Å². The molecular weight excluding hydrogens is 501 g/mol. The molecule has 4 aromatic rings. The monoisotopic (exact) mass is 531 g/mol. The quantitative estimate of drug-likeness (QED) is 0.343. The van der Waals surface area contributed by atoms with Crippen molar-refractivity contribution in [3.63, 3.8) is 0 Å². The molecule has 0 bridgehead atoms. The van der Waals surface area contributed by atoms with Gasteiger partial charge in [-0.1, -0.05) is 30.2 Å². The topological polar surface area (TPSA) is 98.6 Å². The first-order valence-corrected chi connectivity index (χ1v) is 12.9. The maximum Gasteiger partial charge on any atom is 0.249 e. The number of aromatic nitrogens is 3. The van der Waals surface area contributed by atoms with Crippen molar-refractivity contribution in [1.82, 2.24) is 20.3 Å². The zero-order valence-corrected chi connectivity index (χ0v) is 21.8. The first-order chi connectivity index (χ1) is 19.0. The van der Waals surface area contributed by atoms with Crippen LogP contribution >= 0.6 is 0 Å². The van der Waals surface area contributed by atoms with Gasteiger partial charge in [-0.15, -0.1) is 5.10 Å². The number of nitrogens with one attached hydrogen (secondary N) is 1. The summed E-state index contributed by atoms with van der Waals surface area (Å²) >= 11 is 0. The van der Waals surface area contributed by atoms with Gasteiger partial charge in [0.1, 0.15) is 35.4 Å². The van der Waals surface area contributed by atoms with Crippen LogP contribution in [0.25, 0.3) is 11.0 Å². The highest BCUT2D eigenvalue weighted by Gasteiger charge is 2.36. The van der Waals surface area contributed by atoms with Crippen molar-refractivity contribution in [3.05, 3.63) is 78.1 Å². The van der Waals surface area contributed by atoms with Crippen molar-refractivity contribution < 1.29 is 23.5 Å². The van der Waals surface area contributed by atoms with E-state index in [0.717, 1.165) is 25.7 Å². The Hall–Kier alpha value is -4.47. The highest BCUT2D eigenvalue weighted by molar-refractivity contribution is 6.02. The fourth-order valence-corrected chi connectivity index (χ4v) is 5.07. The highest BCUT2D eigenvalue weighted by Crippen LogP contribution is 2.36. The summed E-state index contributed by atoms with van der Waals surface area (Å²) in [7, 11) is 3.03. The van der Waals surface area contributed by atoms with Crippen LogP contribution in [0.4, 0.5) is 10.1 Å². The maximum atomic E-state index is 14.1. The Balaban J connectivity index is 1.61. The number of fused-ring (bicyclic) bond motifs is 1. The number of rotatable bonds is 9. The average molecular weight is 532 g/mol. The van der Waals surface area contributed by atoms with Crippen LogP contribution in [0.3, 0.4) is 0 Å². The molecule has 1 aromatic heterocycles. The van der Waals surface area contributed by atoms with Crippen molar-refractivity contribution in [3.8, 4) is 11.5 Å². The third kappa shape index (κ3) is 5.55. The van der Waals surface area contributed by atoms with Gasteiger partial charge in [-0.25, -0.2) is 9.07 Å². The summed E-state index contributed by atoms with van der Waals surface area (Å²) in [6.45, 7) is -0.191. The minimum atomic E-state index is -1.11. The van der Waals surface area contributed by atoms with E-state index in [1.54, 1.807) is 24.3 Å². The summed E-state index contributed by atoms with van der Waals surface area (Å²) < 4.78 is 26.4. The van der Waals surface area contributed by atoms with Crippen molar-refractivity contribution in [2.24, 2.45) is 0 Å². The Bertz CT molecular complexity index is 1470. The lowest BCUT2D eigenvalue weighted by molar-refractivity contribution is -0.127. The molecule has 0 unspecified atom stereocenters. The van der Waals surface area contributed by atoms with Crippen molar-refractivity contribution >= 4 is 28.5 Å². The van der Waals surface area contributed by atoms with Gasteiger partial charge in [-0.05, 0) is 61.4 Å². The lowest BCUT2D eigenvalue weighted by Crippen LogP contribution is -2.47. The molecule has 0 radical (unpaired) electrons. The van der Waals surface area contributed by atoms with Gasteiger partial charge in [-0.2, -0.15) is 0 Å². The molecule has 1 aliphatic rings. The van der Waals surface area contributed by atoms with E-state index in [0.29, 0.717) is 33.8 Å². The van der Waals surface area contributed by atoms with Crippen LogP contribution in [0.5, 0.6) is 11.5 Å². The van der Waals surface area contributed by atoms with Gasteiger partial charge < -0.3 is 14.8 Å². The number of hydrogen-bond donors (Lipinski definition) is 1. The molecule has 5 rings (SSSR count). The average Bonchev–Trinajstić information content (AvgIpc) is 3.62. The van der Waals surface area contributed by atoms with Crippen LogP contribution in [0.1, 0.15) is 37.3 Å². The molecule has 202 valence electrons. The fraction of sp³-hybridized carbons (Fsp3) is 0.310. The second kappa shape index (κ2) is 11.5. The van der Waals surface area contributed by atoms with E-state index in [1.165, 1.54) is 48.1 Å². The molecule has 0 aliphatic heterocycles. The molecule has 1 aliphatic carbocycles. The van der Waals surface area contributed by atoms with Crippen LogP contribution in [0.15, 0.2) is 66.7 Å². The van der Waals surface area contributed by atoms with E-state index in [9.17, 15) is 14.0 Å². The zero-order valence-electron chi connectivity index (χ0n) is 21.8. The predicted molar refractivity (Wildman–Crippen MR) is 144 cm³/mol. The van der Waals surface area contributed by atoms with Gasteiger partial charge in [-0.3, -0.25) is 14.5 Å². The summed E-state index contributed by atoms with van der Waals surface area (Å²) in [5.41, 5.74) is 2.15. The number of nitrogens with zero attached hydrogens (tertiary/aromatic N) is 4. The van der Waals surface area contributed by atoms with Crippen molar-refractivity contribution in [1.29, 1.82) is 0 Å². The van der Waals surface area contributed by atoms with Crippen LogP contribution < -0.4 is 19.7 Å². The molecule has 2 amide bonds. The molecule has 1 atom stereocenters. The summed E-state index contributed by atoms with van der Waals surface area (Å²) in [6, 6.07) is 16.8. The number of ether oxygens (including phenoxy) is 2. The number of amides is 2. The zero-order chi connectivity index (χ0) is 27.4. The van der Waals surface area contributed by atoms with Gasteiger partial charge in [0.25, 0.3) is 0 Å². The van der Waals surface area contributed by atoms with Gasteiger partial charge >= 0.3 is 0 Å². The van der Waals surface area contributed by atoms with Crippen LogP contribution in [-0.4, -0.2) is 47.1 Å². The summed E-state index contributed by atoms with van der Waals surface area (Å²) in [6.07, 6.45) is 3.80. The summed E-state index contributed by atoms with van der Waals surface area (Å²) in [4.78, 5) is 29.5. The Morgan fingerprint density at radius 3 is 2.51 bits per heavy atom. The minimum Gasteiger partial charge on any atom is -0.497 e. The van der Waals surface area contributed by atoms with Crippen LogP contribution in [0, 0.1) is 5.82 Å². The molecule has 39 heavy (non-hydrogen) atoms. The lowest BCUT2D eigenvalue weighted by atomic mass is 10.0. The van der Waals surface area contributed by atoms with Gasteiger partial charge in [0.05, 0.1) is 19.7 Å². The molecule has 9 nitrogen and oxygen atoms in total. The smallest absolute Gasteiger partial charge is 0.249 e. The maximum absolute atomic E-state index is 14.1. The highest BCUT2D eigenvalue weighted by atomic mass is 19.1. The number of carbonyl (C=O) groups is 2. The van der Waals surface area contributed by atoms with E-state index in [-0.39, 0.29) is 18.5 Å². The lowest BCUT2D eigenvalue weighted by Gasteiger charge is -2.33.